The lowest BCUT2D eigenvalue weighted by atomic mass is 9.96. The van der Waals surface area contributed by atoms with Crippen molar-refractivity contribution in [2.75, 3.05) is 13.1 Å². The van der Waals surface area contributed by atoms with Crippen molar-refractivity contribution in [3.05, 3.63) is 58.3 Å². The van der Waals surface area contributed by atoms with Crippen LogP contribution in [0.4, 0.5) is 0 Å². The van der Waals surface area contributed by atoms with E-state index in [0.29, 0.717) is 30.7 Å². The summed E-state index contributed by atoms with van der Waals surface area (Å²) < 4.78 is 1.84. The minimum Gasteiger partial charge on any atom is -0.339 e. The number of aromatic nitrogens is 1. The predicted octanol–water partition coefficient (Wildman–Crippen LogP) is 2.47. The number of aryl methyl sites for hydroxylation is 1. The van der Waals surface area contributed by atoms with Gasteiger partial charge in [-0.15, -0.1) is 11.3 Å². The van der Waals surface area contributed by atoms with E-state index in [9.17, 15) is 9.59 Å². The van der Waals surface area contributed by atoms with Gasteiger partial charge in [-0.3, -0.25) is 9.59 Å². The Bertz CT molecular complexity index is 828. The van der Waals surface area contributed by atoms with Gasteiger partial charge < -0.3 is 9.47 Å². The van der Waals surface area contributed by atoms with Gasteiger partial charge >= 0.3 is 0 Å². The summed E-state index contributed by atoms with van der Waals surface area (Å²) in [6.45, 7) is 1.20. The second kappa shape index (κ2) is 8.07. The molecule has 0 spiro atoms. The number of carbonyl (C=O) groups excluding carboxylic acids is 2. The maximum Gasteiger partial charge on any atom is 0.251 e. The van der Waals surface area contributed by atoms with Crippen molar-refractivity contribution in [2.45, 2.75) is 12.8 Å². The topological polar surface area (TPSA) is 54.7 Å². The smallest absolute Gasteiger partial charge is 0.251 e. The van der Waals surface area contributed by atoms with Crippen LogP contribution in [0, 0.1) is 5.92 Å². The Hall–Kier alpha value is -2.47. The number of hydrogen-bond donors (Lipinski definition) is 0. The highest BCUT2D eigenvalue weighted by molar-refractivity contribution is 7.07. The van der Waals surface area contributed by atoms with E-state index in [0.717, 1.165) is 5.56 Å². The van der Waals surface area contributed by atoms with Crippen molar-refractivity contribution >= 4 is 29.2 Å². The molecule has 0 aliphatic carbocycles. The van der Waals surface area contributed by atoms with Gasteiger partial charge in [0.15, 0.2) is 4.80 Å². The fraction of sp³-hybridized carbons (Fsp3) is 0.316. The van der Waals surface area contributed by atoms with Crippen LogP contribution in [0.1, 0.15) is 18.4 Å². The highest BCUT2D eigenvalue weighted by Gasteiger charge is 2.26. The van der Waals surface area contributed by atoms with Crippen LogP contribution in [0.5, 0.6) is 0 Å². The molecule has 6 heteroatoms. The monoisotopic (exact) mass is 355 g/mol. The zero-order valence-corrected chi connectivity index (χ0v) is 15.0. The minimum absolute atomic E-state index is 0.00338. The maximum atomic E-state index is 12.3. The fourth-order valence-electron chi connectivity index (χ4n) is 2.80. The summed E-state index contributed by atoms with van der Waals surface area (Å²) in [5.74, 6) is -0.175. The van der Waals surface area contributed by atoms with Crippen molar-refractivity contribution in [2.24, 2.45) is 18.0 Å². The van der Waals surface area contributed by atoms with Crippen LogP contribution < -0.4 is 4.80 Å². The van der Waals surface area contributed by atoms with E-state index in [1.165, 1.54) is 11.3 Å². The Labute approximate surface area is 150 Å². The van der Waals surface area contributed by atoms with Crippen molar-refractivity contribution in [1.29, 1.82) is 0 Å². The molecule has 130 valence electrons. The molecule has 2 amide bonds. The number of hydrogen-bond acceptors (Lipinski definition) is 3. The lowest BCUT2D eigenvalue weighted by Gasteiger charge is -2.29. The summed E-state index contributed by atoms with van der Waals surface area (Å²) in [5.41, 5.74) is 1.00. The maximum absolute atomic E-state index is 12.3. The van der Waals surface area contributed by atoms with Gasteiger partial charge in [0.2, 0.25) is 5.91 Å². The van der Waals surface area contributed by atoms with E-state index in [-0.39, 0.29) is 17.7 Å². The van der Waals surface area contributed by atoms with E-state index < -0.39 is 0 Å². The minimum atomic E-state index is -0.0933. The average Bonchev–Trinajstić information content (AvgIpc) is 3.05. The SMILES string of the molecule is Cn1ccsc1=NC(=O)C1CCN(C(=O)/C=C/c2ccccc2)CC1. The van der Waals surface area contributed by atoms with Crippen molar-refractivity contribution in [3.8, 4) is 0 Å². The molecule has 0 unspecified atom stereocenters. The highest BCUT2D eigenvalue weighted by Crippen LogP contribution is 2.19. The van der Waals surface area contributed by atoms with E-state index in [2.05, 4.69) is 4.99 Å². The molecule has 25 heavy (non-hydrogen) atoms. The summed E-state index contributed by atoms with van der Waals surface area (Å²) in [6.07, 6.45) is 6.65. The van der Waals surface area contributed by atoms with Crippen LogP contribution >= 0.6 is 11.3 Å². The van der Waals surface area contributed by atoms with Gasteiger partial charge in [0, 0.05) is 43.7 Å². The standard InChI is InChI=1S/C19H21N3O2S/c1-21-13-14-25-19(21)20-18(24)16-9-11-22(12-10-16)17(23)8-7-15-5-3-2-4-6-15/h2-8,13-14,16H,9-12H2,1H3/b8-7+,20-19?. The predicted molar refractivity (Wildman–Crippen MR) is 98.6 cm³/mol. The van der Waals surface area contributed by atoms with Gasteiger partial charge in [-0.25, -0.2) is 0 Å². The first-order valence-corrected chi connectivity index (χ1v) is 9.22. The number of rotatable bonds is 3. The molecule has 1 saturated heterocycles. The van der Waals surface area contributed by atoms with Gasteiger partial charge in [0.25, 0.3) is 5.91 Å². The largest absolute Gasteiger partial charge is 0.339 e. The number of likely N-dealkylation sites (tertiary alicyclic amines) is 1. The Kier molecular flexibility index (Phi) is 5.60. The number of amides is 2. The van der Waals surface area contributed by atoms with Crippen LogP contribution in [0.2, 0.25) is 0 Å². The Morgan fingerprint density at radius 3 is 2.56 bits per heavy atom. The number of carbonyl (C=O) groups is 2. The summed E-state index contributed by atoms with van der Waals surface area (Å²) in [6, 6.07) is 9.75. The Morgan fingerprint density at radius 2 is 1.92 bits per heavy atom. The molecule has 2 heterocycles. The molecule has 2 aromatic rings. The van der Waals surface area contributed by atoms with E-state index in [1.54, 1.807) is 11.0 Å². The molecule has 0 saturated carbocycles. The number of nitrogens with zero attached hydrogens (tertiary/aromatic N) is 3. The average molecular weight is 355 g/mol. The van der Waals surface area contributed by atoms with Crippen molar-refractivity contribution in [1.82, 2.24) is 9.47 Å². The molecular weight excluding hydrogens is 334 g/mol. The zero-order chi connectivity index (χ0) is 17.6. The molecule has 0 radical (unpaired) electrons. The lowest BCUT2D eigenvalue weighted by Crippen LogP contribution is -2.39. The number of thiazole rings is 1. The van der Waals surface area contributed by atoms with Gasteiger partial charge in [-0.1, -0.05) is 30.3 Å². The third kappa shape index (κ3) is 4.54. The Morgan fingerprint density at radius 1 is 1.20 bits per heavy atom. The summed E-state index contributed by atoms with van der Waals surface area (Å²) >= 11 is 1.45. The van der Waals surface area contributed by atoms with Crippen LogP contribution in [0.15, 0.2) is 53.0 Å². The lowest BCUT2D eigenvalue weighted by molar-refractivity contribution is -0.130. The fourth-order valence-corrected chi connectivity index (χ4v) is 3.54. The van der Waals surface area contributed by atoms with Gasteiger partial charge in [-0.2, -0.15) is 4.99 Å². The van der Waals surface area contributed by atoms with E-state index in [4.69, 9.17) is 0 Å². The number of benzene rings is 1. The first kappa shape index (κ1) is 17.4. The molecule has 1 aromatic heterocycles. The molecule has 5 nitrogen and oxygen atoms in total. The first-order chi connectivity index (χ1) is 12.1. The van der Waals surface area contributed by atoms with Gasteiger partial charge in [0.1, 0.15) is 0 Å². The number of piperidine rings is 1. The molecular formula is C19H21N3O2S. The molecule has 0 N–H and O–H groups in total. The molecule has 1 aromatic carbocycles. The second-order valence-corrected chi connectivity index (χ2v) is 6.96. The van der Waals surface area contributed by atoms with Crippen LogP contribution in [-0.4, -0.2) is 34.4 Å². The van der Waals surface area contributed by atoms with Gasteiger partial charge in [-0.05, 0) is 24.5 Å². The third-order valence-electron chi connectivity index (χ3n) is 4.34. The Balaban J connectivity index is 1.55. The molecule has 0 bridgehead atoms. The second-order valence-electron chi connectivity index (χ2n) is 6.09. The van der Waals surface area contributed by atoms with Crippen LogP contribution in [0.25, 0.3) is 6.08 Å². The summed E-state index contributed by atoms with van der Waals surface area (Å²) in [4.78, 5) is 31.3. The molecule has 1 aliphatic rings. The van der Waals surface area contributed by atoms with E-state index in [1.807, 2.05) is 59.6 Å². The quantitative estimate of drug-likeness (QED) is 0.794. The van der Waals surface area contributed by atoms with E-state index >= 15 is 0 Å². The van der Waals surface area contributed by atoms with Crippen LogP contribution in [0.3, 0.4) is 0 Å². The van der Waals surface area contributed by atoms with Crippen molar-refractivity contribution < 1.29 is 9.59 Å². The third-order valence-corrected chi connectivity index (χ3v) is 5.19. The zero-order valence-electron chi connectivity index (χ0n) is 14.2. The van der Waals surface area contributed by atoms with Crippen molar-refractivity contribution in [3.63, 3.8) is 0 Å². The summed E-state index contributed by atoms with van der Waals surface area (Å²) in [7, 11) is 1.88. The summed E-state index contributed by atoms with van der Waals surface area (Å²) in [5, 5.41) is 1.91. The molecule has 1 aliphatic heterocycles. The molecule has 0 atom stereocenters. The molecule has 1 fully saturated rings. The highest BCUT2D eigenvalue weighted by atomic mass is 32.1. The molecule has 3 rings (SSSR count). The first-order valence-electron chi connectivity index (χ1n) is 8.34. The van der Waals surface area contributed by atoms with Crippen LogP contribution in [-0.2, 0) is 16.6 Å². The normalized spacial score (nSPS) is 16.5. The van der Waals surface area contributed by atoms with Gasteiger partial charge in [0.05, 0.1) is 0 Å².